The minimum atomic E-state index is -0.528. The van der Waals surface area contributed by atoms with E-state index >= 15 is 0 Å². The first-order valence-corrected chi connectivity index (χ1v) is 7.43. The number of nitrogens with zero attached hydrogens (tertiary/aromatic N) is 4. The molecule has 9 heteroatoms. The molecule has 0 spiro atoms. The second-order valence-corrected chi connectivity index (χ2v) is 5.54. The molecule has 0 atom stereocenters. The number of benzene rings is 1. The van der Waals surface area contributed by atoms with Crippen molar-refractivity contribution in [2.45, 2.75) is 6.92 Å². The number of carbonyl (C=O) groups excluding carboxylic acids is 1. The summed E-state index contributed by atoms with van der Waals surface area (Å²) in [6, 6.07) is 4.28. The Morgan fingerprint density at radius 2 is 2.26 bits per heavy atom. The molecule has 3 aromatic rings. The summed E-state index contributed by atoms with van der Waals surface area (Å²) in [4.78, 5) is 31.0. The molecule has 2 heterocycles. The molecule has 3 rings (SSSR count). The van der Waals surface area contributed by atoms with Crippen molar-refractivity contribution in [2.24, 2.45) is 0 Å². The molecular weight excluding hydrogens is 318 g/mol. The topological polar surface area (TPSA) is 103 Å². The number of aryl methyl sites for hydroxylation is 1. The number of aromatic nitrogens is 3. The van der Waals surface area contributed by atoms with E-state index in [1.807, 2.05) is 6.92 Å². The van der Waals surface area contributed by atoms with Gasteiger partial charge < -0.3 is 4.57 Å². The number of imidazole rings is 1. The van der Waals surface area contributed by atoms with E-state index in [-0.39, 0.29) is 11.3 Å². The van der Waals surface area contributed by atoms with Crippen molar-refractivity contribution >= 4 is 28.1 Å². The Kier molecular flexibility index (Phi) is 3.85. The number of amides is 1. The molecule has 0 saturated carbocycles. The average Bonchev–Trinajstić information content (AvgIpc) is 3.18. The summed E-state index contributed by atoms with van der Waals surface area (Å²) in [6.07, 6.45) is 4.58. The Morgan fingerprint density at radius 3 is 2.87 bits per heavy atom. The predicted molar refractivity (Wildman–Crippen MR) is 85.0 cm³/mol. The van der Waals surface area contributed by atoms with Gasteiger partial charge in [-0.15, -0.1) is 11.3 Å². The van der Waals surface area contributed by atoms with Gasteiger partial charge in [-0.1, -0.05) is 0 Å². The van der Waals surface area contributed by atoms with Gasteiger partial charge in [-0.2, -0.15) is 0 Å². The van der Waals surface area contributed by atoms with Crippen molar-refractivity contribution in [3.05, 3.63) is 63.7 Å². The first kappa shape index (κ1) is 14.9. The van der Waals surface area contributed by atoms with E-state index < -0.39 is 10.8 Å². The quantitative estimate of drug-likeness (QED) is 0.585. The summed E-state index contributed by atoms with van der Waals surface area (Å²) in [6.45, 7) is 1.82. The minimum absolute atomic E-state index is 0.175. The summed E-state index contributed by atoms with van der Waals surface area (Å²) in [5.41, 5.74) is 1.15. The Morgan fingerprint density at radius 1 is 1.43 bits per heavy atom. The molecule has 8 nitrogen and oxygen atoms in total. The van der Waals surface area contributed by atoms with Crippen molar-refractivity contribution < 1.29 is 9.72 Å². The third kappa shape index (κ3) is 3.09. The Bertz CT molecular complexity index is 872. The monoisotopic (exact) mass is 329 g/mol. The van der Waals surface area contributed by atoms with E-state index in [1.165, 1.54) is 46.6 Å². The van der Waals surface area contributed by atoms with Gasteiger partial charge in [0.05, 0.1) is 16.9 Å². The first-order valence-electron chi connectivity index (χ1n) is 6.55. The zero-order valence-corrected chi connectivity index (χ0v) is 12.8. The lowest BCUT2D eigenvalue weighted by atomic mass is 10.1. The van der Waals surface area contributed by atoms with E-state index in [2.05, 4.69) is 15.3 Å². The van der Waals surface area contributed by atoms with E-state index in [0.717, 1.165) is 5.69 Å². The Labute approximate surface area is 134 Å². The molecule has 0 radical (unpaired) electrons. The molecule has 116 valence electrons. The second-order valence-electron chi connectivity index (χ2n) is 4.68. The van der Waals surface area contributed by atoms with Gasteiger partial charge in [0.1, 0.15) is 5.69 Å². The number of anilines is 1. The van der Waals surface area contributed by atoms with Crippen LogP contribution in [0.2, 0.25) is 0 Å². The molecule has 0 unspecified atom stereocenters. The minimum Gasteiger partial charge on any atom is -0.300 e. The van der Waals surface area contributed by atoms with E-state index in [9.17, 15) is 14.9 Å². The molecule has 0 aliphatic rings. The zero-order chi connectivity index (χ0) is 16.4. The maximum Gasteiger partial charge on any atom is 0.294 e. The Balaban J connectivity index is 1.93. The van der Waals surface area contributed by atoms with Gasteiger partial charge in [0.25, 0.3) is 11.6 Å². The fourth-order valence-electron chi connectivity index (χ4n) is 2.01. The lowest BCUT2D eigenvalue weighted by molar-refractivity contribution is -0.384. The van der Waals surface area contributed by atoms with Gasteiger partial charge in [-0.25, -0.2) is 9.97 Å². The van der Waals surface area contributed by atoms with Crippen LogP contribution >= 0.6 is 11.3 Å². The van der Waals surface area contributed by atoms with Crippen molar-refractivity contribution in [3.63, 3.8) is 0 Å². The van der Waals surface area contributed by atoms with Crippen LogP contribution in [0, 0.1) is 17.0 Å². The van der Waals surface area contributed by atoms with Crippen LogP contribution in [0.25, 0.3) is 5.69 Å². The molecular formula is C14H11N5O3S. The van der Waals surface area contributed by atoms with Crippen LogP contribution in [0.4, 0.5) is 10.8 Å². The van der Waals surface area contributed by atoms with Gasteiger partial charge in [0.15, 0.2) is 5.13 Å². The van der Waals surface area contributed by atoms with Crippen LogP contribution in [-0.4, -0.2) is 25.4 Å². The maximum absolute atomic E-state index is 12.2. The molecule has 2 aromatic heterocycles. The summed E-state index contributed by atoms with van der Waals surface area (Å²) < 4.78 is 1.52. The lowest BCUT2D eigenvalue weighted by Gasteiger charge is -2.06. The van der Waals surface area contributed by atoms with Gasteiger partial charge >= 0.3 is 0 Å². The summed E-state index contributed by atoms with van der Waals surface area (Å²) in [5, 5.41) is 16.2. The highest BCUT2D eigenvalue weighted by atomic mass is 32.1. The highest BCUT2D eigenvalue weighted by Gasteiger charge is 2.19. The van der Waals surface area contributed by atoms with Crippen LogP contribution in [0.15, 0.2) is 42.3 Å². The number of nitro groups is 1. The lowest BCUT2D eigenvalue weighted by Crippen LogP contribution is -2.12. The standard InChI is InChI=1S/C14H11N5O3S/c1-9-7-23-14(16-9)17-13(20)10-2-3-11(12(6-10)19(21)22)18-5-4-15-8-18/h2-8H,1H3,(H,16,17,20). The van der Waals surface area contributed by atoms with E-state index in [1.54, 1.807) is 11.6 Å². The number of carbonyl (C=O) groups is 1. The molecule has 1 amide bonds. The average molecular weight is 329 g/mol. The van der Waals surface area contributed by atoms with Crippen LogP contribution in [0.3, 0.4) is 0 Å². The van der Waals surface area contributed by atoms with Gasteiger partial charge in [0.2, 0.25) is 0 Å². The molecule has 23 heavy (non-hydrogen) atoms. The molecule has 0 bridgehead atoms. The molecule has 0 fully saturated rings. The number of hydrogen-bond donors (Lipinski definition) is 1. The van der Waals surface area contributed by atoms with E-state index in [4.69, 9.17) is 0 Å². The summed E-state index contributed by atoms with van der Waals surface area (Å²) in [7, 11) is 0. The third-order valence-corrected chi connectivity index (χ3v) is 3.93. The smallest absolute Gasteiger partial charge is 0.294 e. The molecule has 0 aliphatic carbocycles. The van der Waals surface area contributed by atoms with Crippen molar-refractivity contribution in [1.82, 2.24) is 14.5 Å². The number of nitro benzene ring substituents is 1. The van der Waals surface area contributed by atoms with Gasteiger partial charge in [0, 0.05) is 29.4 Å². The van der Waals surface area contributed by atoms with Gasteiger partial charge in [-0.3, -0.25) is 20.2 Å². The van der Waals surface area contributed by atoms with Crippen molar-refractivity contribution in [3.8, 4) is 5.69 Å². The fraction of sp³-hybridized carbons (Fsp3) is 0.0714. The van der Waals surface area contributed by atoms with Crippen molar-refractivity contribution in [1.29, 1.82) is 0 Å². The third-order valence-electron chi connectivity index (χ3n) is 3.06. The Hall–Kier alpha value is -3.07. The fourth-order valence-corrected chi connectivity index (χ4v) is 2.69. The first-order chi connectivity index (χ1) is 11.0. The normalized spacial score (nSPS) is 10.5. The SMILES string of the molecule is Cc1csc(NC(=O)c2ccc(-n3ccnc3)c([N+](=O)[O-])c2)n1. The molecule has 1 N–H and O–H groups in total. The van der Waals surface area contributed by atoms with E-state index in [0.29, 0.717) is 10.8 Å². The highest BCUT2D eigenvalue weighted by molar-refractivity contribution is 7.13. The summed E-state index contributed by atoms with van der Waals surface area (Å²) in [5.74, 6) is -0.445. The van der Waals surface area contributed by atoms with Crippen LogP contribution in [-0.2, 0) is 0 Å². The van der Waals surface area contributed by atoms with Crippen LogP contribution in [0.5, 0.6) is 0 Å². The largest absolute Gasteiger partial charge is 0.300 e. The molecule has 1 aromatic carbocycles. The van der Waals surface area contributed by atoms with Crippen LogP contribution in [0.1, 0.15) is 16.1 Å². The number of rotatable bonds is 4. The molecule has 0 saturated heterocycles. The maximum atomic E-state index is 12.2. The number of thiazole rings is 1. The summed E-state index contributed by atoms with van der Waals surface area (Å²) >= 11 is 1.29. The second kappa shape index (κ2) is 5.97. The van der Waals surface area contributed by atoms with Crippen molar-refractivity contribution in [2.75, 3.05) is 5.32 Å². The predicted octanol–water partition coefficient (Wildman–Crippen LogP) is 2.80. The van der Waals surface area contributed by atoms with Gasteiger partial charge in [-0.05, 0) is 19.1 Å². The number of nitrogens with one attached hydrogen (secondary N) is 1. The number of hydrogen-bond acceptors (Lipinski definition) is 6. The van der Waals surface area contributed by atoms with Crippen LogP contribution < -0.4 is 5.32 Å². The highest BCUT2D eigenvalue weighted by Crippen LogP contribution is 2.25. The zero-order valence-electron chi connectivity index (χ0n) is 12.0. The molecule has 0 aliphatic heterocycles.